The Morgan fingerprint density at radius 1 is 1.47 bits per heavy atom. The van der Waals surface area contributed by atoms with Gasteiger partial charge >= 0.3 is 0 Å². The van der Waals surface area contributed by atoms with Crippen LogP contribution >= 0.6 is 12.2 Å². The van der Waals surface area contributed by atoms with Gasteiger partial charge in [0.15, 0.2) is 0 Å². The summed E-state index contributed by atoms with van der Waals surface area (Å²) in [5.41, 5.74) is 5.46. The number of carbonyl (C=O) groups is 1. The van der Waals surface area contributed by atoms with Gasteiger partial charge in [0.05, 0.1) is 4.99 Å². The number of amides is 1. The number of nitrogens with two attached hydrogens (primary N) is 1. The van der Waals surface area contributed by atoms with Crippen molar-refractivity contribution in [3.63, 3.8) is 0 Å². The van der Waals surface area contributed by atoms with Crippen molar-refractivity contribution in [3.05, 3.63) is 0 Å². The van der Waals surface area contributed by atoms with Crippen molar-refractivity contribution >= 4 is 23.1 Å². The van der Waals surface area contributed by atoms with Crippen LogP contribution in [0.4, 0.5) is 0 Å². The molecule has 4 heteroatoms. The summed E-state index contributed by atoms with van der Waals surface area (Å²) in [5, 5.41) is 0. The van der Waals surface area contributed by atoms with Crippen LogP contribution in [-0.2, 0) is 4.79 Å². The summed E-state index contributed by atoms with van der Waals surface area (Å²) in [4.78, 5) is 14.3. The number of hydrogen-bond acceptors (Lipinski definition) is 2. The van der Waals surface area contributed by atoms with Crippen LogP contribution in [0.25, 0.3) is 0 Å². The van der Waals surface area contributed by atoms with Crippen LogP contribution in [0.1, 0.15) is 45.4 Å². The number of hydrogen-bond donors (Lipinski definition) is 1. The number of nitrogens with zero attached hydrogens (tertiary/aromatic N) is 1. The number of thiocarbonyl (C=S) groups is 1. The molecule has 86 valence electrons. The number of carbonyl (C=O) groups excluding carboxylic acids is 1. The molecule has 0 heterocycles. The molecule has 1 rings (SSSR count). The molecule has 15 heavy (non-hydrogen) atoms. The lowest BCUT2D eigenvalue weighted by Gasteiger charge is -2.22. The molecule has 0 atom stereocenters. The van der Waals surface area contributed by atoms with Crippen LogP contribution < -0.4 is 5.73 Å². The van der Waals surface area contributed by atoms with Gasteiger partial charge in [-0.05, 0) is 19.3 Å². The predicted molar refractivity (Wildman–Crippen MR) is 65.7 cm³/mol. The van der Waals surface area contributed by atoms with Crippen LogP contribution in [0.2, 0.25) is 0 Å². The lowest BCUT2D eigenvalue weighted by molar-refractivity contribution is -0.131. The van der Waals surface area contributed by atoms with E-state index in [1.807, 2.05) is 4.90 Å². The first kappa shape index (κ1) is 12.4. The lowest BCUT2D eigenvalue weighted by atomic mass is 10.2. The highest BCUT2D eigenvalue weighted by Crippen LogP contribution is 2.27. The van der Waals surface area contributed by atoms with Gasteiger partial charge in [0.25, 0.3) is 0 Å². The summed E-state index contributed by atoms with van der Waals surface area (Å²) in [7, 11) is 0. The minimum atomic E-state index is 0.274. The SMILES string of the molecule is CCCCC(=O)N(CCC(N)=S)C1CC1. The highest BCUT2D eigenvalue weighted by molar-refractivity contribution is 7.80. The molecule has 3 nitrogen and oxygen atoms in total. The number of rotatable bonds is 7. The molecule has 1 amide bonds. The minimum absolute atomic E-state index is 0.274. The van der Waals surface area contributed by atoms with E-state index in [9.17, 15) is 4.79 Å². The minimum Gasteiger partial charge on any atom is -0.393 e. The second-order valence-electron chi connectivity index (χ2n) is 4.14. The van der Waals surface area contributed by atoms with Gasteiger partial charge in [-0.3, -0.25) is 4.79 Å². The zero-order valence-corrected chi connectivity index (χ0v) is 10.2. The van der Waals surface area contributed by atoms with Gasteiger partial charge in [-0.25, -0.2) is 0 Å². The van der Waals surface area contributed by atoms with E-state index < -0.39 is 0 Å². The standard InChI is InChI=1S/C11H20N2OS/c1-2-3-4-11(14)13(9-5-6-9)8-7-10(12)15/h9H,2-8H2,1H3,(H2,12,15). The van der Waals surface area contributed by atoms with Gasteiger partial charge in [0, 0.05) is 25.4 Å². The molecule has 0 aromatic carbocycles. The van der Waals surface area contributed by atoms with Gasteiger partial charge in [0.2, 0.25) is 5.91 Å². The first-order valence-electron chi connectivity index (χ1n) is 5.73. The Labute approximate surface area is 97.0 Å². The molecule has 0 aromatic heterocycles. The monoisotopic (exact) mass is 228 g/mol. The molecule has 1 fully saturated rings. The van der Waals surface area contributed by atoms with Crippen molar-refractivity contribution in [1.82, 2.24) is 4.90 Å². The fraction of sp³-hybridized carbons (Fsp3) is 0.818. The zero-order chi connectivity index (χ0) is 11.3. The Balaban J connectivity index is 2.35. The molecule has 0 bridgehead atoms. The van der Waals surface area contributed by atoms with Crippen molar-refractivity contribution in [1.29, 1.82) is 0 Å². The third-order valence-corrected chi connectivity index (χ3v) is 2.86. The molecule has 0 unspecified atom stereocenters. The maximum Gasteiger partial charge on any atom is 0.222 e. The van der Waals surface area contributed by atoms with E-state index in [2.05, 4.69) is 6.92 Å². The molecule has 0 radical (unpaired) electrons. The summed E-state index contributed by atoms with van der Waals surface area (Å²) in [6, 6.07) is 0.476. The first-order valence-corrected chi connectivity index (χ1v) is 6.13. The molecule has 2 N–H and O–H groups in total. The van der Waals surface area contributed by atoms with E-state index >= 15 is 0 Å². The molecule has 0 aliphatic heterocycles. The Kier molecular flexibility index (Phi) is 5.02. The van der Waals surface area contributed by atoms with Gasteiger partial charge < -0.3 is 10.6 Å². The van der Waals surface area contributed by atoms with Crippen molar-refractivity contribution in [3.8, 4) is 0 Å². The van der Waals surface area contributed by atoms with Gasteiger partial charge in [0.1, 0.15) is 0 Å². The molecule has 1 aliphatic carbocycles. The zero-order valence-electron chi connectivity index (χ0n) is 9.37. The van der Waals surface area contributed by atoms with Gasteiger partial charge in [-0.15, -0.1) is 0 Å². The summed E-state index contributed by atoms with van der Waals surface area (Å²) in [5.74, 6) is 0.274. The Hall–Kier alpha value is -0.640. The molecular formula is C11H20N2OS. The summed E-state index contributed by atoms with van der Waals surface area (Å²) in [6.45, 7) is 2.81. The fourth-order valence-corrected chi connectivity index (χ4v) is 1.69. The van der Waals surface area contributed by atoms with E-state index in [1.54, 1.807) is 0 Å². The van der Waals surface area contributed by atoms with Crippen molar-refractivity contribution < 1.29 is 4.79 Å². The van der Waals surface area contributed by atoms with Crippen molar-refractivity contribution in [2.75, 3.05) is 6.54 Å². The third-order valence-electron chi connectivity index (χ3n) is 2.65. The fourth-order valence-electron chi connectivity index (χ4n) is 1.60. The van der Waals surface area contributed by atoms with Crippen LogP contribution in [0.15, 0.2) is 0 Å². The average molecular weight is 228 g/mol. The topological polar surface area (TPSA) is 46.3 Å². The quantitative estimate of drug-likeness (QED) is 0.676. The number of unbranched alkanes of at least 4 members (excludes halogenated alkanes) is 1. The molecule has 1 saturated carbocycles. The van der Waals surface area contributed by atoms with Crippen LogP contribution in [0.3, 0.4) is 0 Å². The molecular weight excluding hydrogens is 208 g/mol. The van der Waals surface area contributed by atoms with Crippen LogP contribution in [0.5, 0.6) is 0 Å². The molecule has 0 saturated heterocycles. The third kappa shape index (κ3) is 4.60. The van der Waals surface area contributed by atoms with Crippen LogP contribution in [-0.4, -0.2) is 28.4 Å². The summed E-state index contributed by atoms with van der Waals surface area (Å²) in [6.07, 6.45) is 5.67. The Morgan fingerprint density at radius 3 is 2.60 bits per heavy atom. The Morgan fingerprint density at radius 2 is 2.13 bits per heavy atom. The lowest BCUT2D eigenvalue weighted by Crippen LogP contribution is -2.35. The predicted octanol–water partition coefficient (Wildman–Crippen LogP) is 1.84. The van der Waals surface area contributed by atoms with E-state index in [-0.39, 0.29) is 5.91 Å². The maximum atomic E-state index is 11.8. The van der Waals surface area contributed by atoms with E-state index in [0.29, 0.717) is 30.4 Å². The summed E-state index contributed by atoms with van der Waals surface area (Å²) < 4.78 is 0. The normalized spacial score (nSPS) is 15.0. The highest BCUT2D eigenvalue weighted by atomic mass is 32.1. The van der Waals surface area contributed by atoms with Gasteiger partial charge in [-0.1, -0.05) is 25.6 Å². The largest absolute Gasteiger partial charge is 0.393 e. The summed E-state index contributed by atoms with van der Waals surface area (Å²) >= 11 is 4.83. The van der Waals surface area contributed by atoms with Crippen molar-refractivity contribution in [2.24, 2.45) is 5.73 Å². The Bertz CT molecular complexity index is 239. The average Bonchev–Trinajstić information content (AvgIpc) is 2.98. The molecule has 0 aromatic rings. The van der Waals surface area contributed by atoms with E-state index in [1.165, 1.54) is 0 Å². The smallest absolute Gasteiger partial charge is 0.222 e. The highest BCUT2D eigenvalue weighted by Gasteiger charge is 2.31. The van der Waals surface area contributed by atoms with Crippen molar-refractivity contribution in [2.45, 2.75) is 51.5 Å². The molecule has 0 spiro atoms. The second kappa shape index (κ2) is 6.05. The van der Waals surface area contributed by atoms with Crippen LogP contribution in [0, 0.1) is 0 Å². The molecule has 1 aliphatic rings. The maximum absolute atomic E-state index is 11.8. The van der Waals surface area contributed by atoms with E-state index in [4.69, 9.17) is 18.0 Å². The van der Waals surface area contributed by atoms with Gasteiger partial charge in [-0.2, -0.15) is 0 Å². The first-order chi connectivity index (χ1) is 7.15. The second-order valence-corrected chi connectivity index (χ2v) is 4.66. The van der Waals surface area contributed by atoms with E-state index in [0.717, 1.165) is 25.7 Å².